The molecule has 126 valence electrons. The smallest absolute Gasteiger partial charge is 0.253 e. The Hall–Kier alpha value is -2.14. The molecular weight excluding hydrogens is 302 g/mol. The fourth-order valence-corrected chi connectivity index (χ4v) is 4.03. The fraction of sp³-hybridized carbons (Fsp3) is 0.474. The monoisotopic (exact) mass is 325 g/mol. The first-order chi connectivity index (χ1) is 11.7. The molecule has 2 aliphatic heterocycles. The van der Waals surface area contributed by atoms with Crippen LogP contribution in [0.4, 0.5) is 0 Å². The average Bonchev–Trinajstić information content (AvgIpc) is 3.22. The Bertz CT molecular complexity index is 727. The summed E-state index contributed by atoms with van der Waals surface area (Å²) in [5.41, 5.74) is 1.81. The number of aromatic nitrogens is 2. The number of likely N-dealkylation sites (tertiary alicyclic amines) is 1. The van der Waals surface area contributed by atoms with Gasteiger partial charge in [0.25, 0.3) is 5.91 Å². The highest BCUT2D eigenvalue weighted by Gasteiger charge is 2.45. The van der Waals surface area contributed by atoms with Crippen LogP contribution in [-0.2, 0) is 11.8 Å². The molecular formula is C19H23N3O2. The van der Waals surface area contributed by atoms with Crippen molar-refractivity contribution in [2.24, 2.45) is 7.05 Å². The van der Waals surface area contributed by atoms with E-state index in [1.165, 1.54) is 5.56 Å². The molecule has 4 rings (SSSR count). The Morgan fingerprint density at radius 2 is 2.17 bits per heavy atom. The third-order valence-electron chi connectivity index (χ3n) is 5.25. The van der Waals surface area contributed by atoms with Gasteiger partial charge in [-0.05, 0) is 37.0 Å². The number of hydrogen-bond acceptors (Lipinski definition) is 3. The van der Waals surface area contributed by atoms with Gasteiger partial charge in [0.1, 0.15) is 0 Å². The lowest BCUT2D eigenvalue weighted by atomic mass is 9.84. The van der Waals surface area contributed by atoms with E-state index in [4.69, 9.17) is 4.74 Å². The zero-order chi connectivity index (χ0) is 16.6. The standard InChI is InChI=1S/C19H23N3O2/c1-21-12-17(11-20-21)16-10-19(24-13-16)8-5-9-22(14-19)18(23)15-6-3-2-4-7-15/h2-4,6-7,11-12,16H,5,8-10,13-14H2,1H3/t16-,19-/m0/s1. The minimum atomic E-state index is -0.191. The molecule has 2 atom stereocenters. The van der Waals surface area contributed by atoms with E-state index in [9.17, 15) is 4.79 Å². The van der Waals surface area contributed by atoms with Crippen molar-refractivity contribution >= 4 is 5.91 Å². The molecule has 0 N–H and O–H groups in total. The summed E-state index contributed by atoms with van der Waals surface area (Å²) in [5.74, 6) is 0.494. The van der Waals surface area contributed by atoms with Gasteiger partial charge in [0.15, 0.2) is 0 Å². The lowest BCUT2D eigenvalue weighted by Crippen LogP contribution is -2.50. The number of hydrogen-bond donors (Lipinski definition) is 0. The van der Waals surface area contributed by atoms with Crippen LogP contribution in [0.15, 0.2) is 42.7 Å². The predicted octanol–water partition coefficient (Wildman–Crippen LogP) is 2.60. The zero-order valence-electron chi connectivity index (χ0n) is 14.0. The molecule has 0 unspecified atom stereocenters. The van der Waals surface area contributed by atoms with E-state index in [0.29, 0.717) is 12.5 Å². The lowest BCUT2D eigenvalue weighted by Gasteiger charge is -2.39. The van der Waals surface area contributed by atoms with E-state index in [0.717, 1.165) is 38.0 Å². The summed E-state index contributed by atoms with van der Waals surface area (Å²) in [6, 6.07) is 9.54. The molecule has 1 aromatic carbocycles. The molecule has 2 aliphatic rings. The first-order valence-corrected chi connectivity index (χ1v) is 8.62. The minimum absolute atomic E-state index is 0.114. The van der Waals surface area contributed by atoms with Crippen LogP contribution in [0.2, 0.25) is 0 Å². The molecule has 2 saturated heterocycles. The SMILES string of the molecule is Cn1cc([C@@H]2CO[C@@]3(CCCN(C(=O)c4ccccc4)C3)C2)cn1. The van der Waals surface area contributed by atoms with Crippen LogP contribution in [0, 0.1) is 0 Å². The van der Waals surface area contributed by atoms with Gasteiger partial charge in [0.2, 0.25) is 0 Å². The highest BCUT2D eigenvalue weighted by molar-refractivity contribution is 5.94. The third kappa shape index (κ3) is 2.84. The molecule has 0 bridgehead atoms. The van der Waals surface area contributed by atoms with Gasteiger partial charge in [0, 0.05) is 37.8 Å². The van der Waals surface area contributed by atoms with Crippen LogP contribution >= 0.6 is 0 Å². The molecule has 1 amide bonds. The number of carbonyl (C=O) groups excluding carboxylic acids is 1. The van der Waals surface area contributed by atoms with Gasteiger partial charge in [-0.2, -0.15) is 5.10 Å². The van der Waals surface area contributed by atoms with E-state index >= 15 is 0 Å². The highest BCUT2D eigenvalue weighted by Crippen LogP contribution is 2.41. The molecule has 1 spiro atoms. The Morgan fingerprint density at radius 1 is 1.33 bits per heavy atom. The molecule has 2 fully saturated rings. The molecule has 0 saturated carbocycles. The largest absolute Gasteiger partial charge is 0.372 e. The van der Waals surface area contributed by atoms with Gasteiger partial charge in [-0.25, -0.2) is 0 Å². The number of aryl methyl sites for hydroxylation is 1. The zero-order valence-corrected chi connectivity index (χ0v) is 14.0. The predicted molar refractivity (Wildman–Crippen MR) is 90.8 cm³/mol. The number of ether oxygens (including phenoxy) is 1. The van der Waals surface area contributed by atoms with Gasteiger partial charge in [-0.15, -0.1) is 0 Å². The van der Waals surface area contributed by atoms with Gasteiger partial charge < -0.3 is 9.64 Å². The van der Waals surface area contributed by atoms with Crippen LogP contribution in [-0.4, -0.2) is 45.9 Å². The topological polar surface area (TPSA) is 47.4 Å². The summed E-state index contributed by atoms with van der Waals surface area (Å²) in [6.45, 7) is 2.23. The molecule has 0 radical (unpaired) electrons. The summed E-state index contributed by atoms with van der Waals surface area (Å²) >= 11 is 0. The van der Waals surface area contributed by atoms with Crippen LogP contribution in [0.25, 0.3) is 0 Å². The van der Waals surface area contributed by atoms with Crippen LogP contribution < -0.4 is 0 Å². The molecule has 1 aromatic heterocycles. The molecule has 3 heterocycles. The van der Waals surface area contributed by atoms with Crippen molar-refractivity contribution in [3.8, 4) is 0 Å². The molecule has 5 nitrogen and oxygen atoms in total. The first kappa shape index (κ1) is 15.4. The van der Waals surface area contributed by atoms with Gasteiger partial charge >= 0.3 is 0 Å². The van der Waals surface area contributed by atoms with Crippen LogP contribution in [0.5, 0.6) is 0 Å². The van der Waals surface area contributed by atoms with Gasteiger partial charge in [-0.3, -0.25) is 9.48 Å². The van der Waals surface area contributed by atoms with E-state index in [1.807, 2.05) is 53.2 Å². The van der Waals surface area contributed by atoms with Crippen molar-refractivity contribution in [3.63, 3.8) is 0 Å². The minimum Gasteiger partial charge on any atom is -0.372 e. The number of carbonyl (C=O) groups is 1. The van der Waals surface area contributed by atoms with Crippen LogP contribution in [0.3, 0.4) is 0 Å². The second kappa shape index (κ2) is 6.06. The maximum Gasteiger partial charge on any atom is 0.253 e. The average molecular weight is 325 g/mol. The van der Waals surface area contributed by atoms with Crippen molar-refractivity contribution in [3.05, 3.63) is 53.9 Å². The Balaban J connectivity index is 1.48. The number of piperidine rings is 1. The summed E-state index contributed by atoms with van der Waals surface area (Å²) in [7, 11) is 1.94. The molecule has 5 heteroatoms. The van der Waals surface area contributed by atoms with Crippen molar-refractivity contribution in [2.75, 3.05) is 19.7 Å². The summed E-state index contributed by atoms with van der Waals surface area (Å²) < 4.78 is 8.08. The maximum absolute atomic E-state index is 12.8. The van der Waals surface area contributed by atoms with Gasteiger partial charge in [-0.1, -0.05) is 18.2 Å². The van der Waals surface area contributed by atoms with E-state index in [2.05, 4.69) is 11.3 Å². The number of nitrogens with zero attached hydrogens (tertiary/aromatic N) is 3. The number of benzene rings is 1. The fourth-order valence-electron chi connectivity index (χ4n) is 4.03. The van der Waals surface area contributed by atoms with Crippen molar-refractivity contribution in [1.82, 2.24) is 14.7 Å². The van der Waals surface area contributed by atoms with Crippen molar-refractivity contribution < 1.29 is 9.53 Å². The van der Waals surface area contributed by atoms with Crippen molar-refractivity contribution in [1.29, 1.82) is 0 Å². The van der Waals surface area contributed by atoms with Crippen molar-refractivity contribution in [2.45, 2.75) is 30.8 Å². The summed E-state index contributed by atoms with van der Waals surface area (Å²) in [6.07, 6.45) is 7.00. The highest BCUT2D eigenvalue weighted by atomic mass is 16.5. The van der Waals surface area contributed by atoms with E-state index < -0.39 is 0 Å². The number of amides is 1. The maximum atomic E-state index is 12.8. The molecule has 24 heavy (non-hydrogen) atoms. The lowest BCUT2D eigenvalue weighted by molar-refractivity contribution is -0.0447. The second-order valence-electron chi connectivity index (χ2n) is 7.04. The molecule has 0 aliphatic carbocycles. The van der Waals surface area contributed by atoms with Crippen LogP contribution in [0.1, 0.15) is 41.1 Å². The van der Waals surface area contributed by atoms with Gasteiger partial charge in [0.05, 0.1) is 18.4 Å². The normalized spacial score (nSPS) is 26.9. The number of rotatable bonds is 2. The molecule has 2 aromatic rings. The Kier molecular flexibility index (Phi) is 3.88. The van der Waals surface area contributed by atoms with E-state index in [-0.39, 0.29) is 11.5 Å². The third-order valence-corrected chi connectivity index (χ3v) is 5.25. The Labute approximate surface area is 142 Å². The Morgan fingerprint density at radius 3 is 2.92 bits per heavy atom. The first-order valence-electron chi connectivity index (χ1n) is 8.62. The summed E-state index contributed by atoms with van der Waals surface area (Å²) in [4.78, 5) is 14.7. The quantitative estimate of drug-likeness (QED) is 0.853. The van der Waals surface area contributed by atoms with E-state index in [1.54, 1.807) is 0 Å². The second-order valence-corrected chi connectivity index (χ2v) is 7.04. The summed E-state index contributed by atoms with van der Waals surface area (Å²) in [5, 5.41) is 4.27.